The summed E-state index contributed by atoms with van der Waals surface area (Å²) in [5.41, 5.74) is 6.86. The highest BCUT2D eigenvalue weighted by Gasteiger charge is 2.25. The lowest BCUT2D eigenvalue weighted by Crippen LogP contribution is -2.22. The van der Waals surface area contributed by atoms with Crippen molar-refractivity contribution in [2.45, 2.75) is 12.5 Å². The zero-order chi connectivity index (χ0) is 14.1. The van der Waals surface area contributed by atoms with Crippen LogP contribution in [0.15, 0.2) is 29.6 Å². The summed E-state index contributed by atoms with van der Waals surface area (Å²) < 4.78 is 23.9. The van der Waals surface area contributed by atoms with Crippen molar-refractivity contribution in [3.63, 3.8) is 0 Å². The van der Waals surface area contributed by atoms with Gasteiger partial charge in [0, 0.05) is 12.0 Å². The second-order valence-corrected chi connectivity index (χ2v) is 5.42. The molecular formula is C14H12FNO3S. The van der Waals surface area contributed by atoms with Crippen LogP contribution in [-0.4, -0.2) is 18.7 Å². The zero-order valence-electron chi connectivity index (χ0n) is 10.5. The Kier molecular flexibility index (Phi) is 3.31. The molecule has 20 heavy (non-hydrogen) atoms. The standard InChI is InChI=1S/C14H12FNO3S/c15-9-1-2-12-8(5-9)6-10(19-12)7-18-14(17)13-11(16)3-4-20-13/h1-5,10H,6-7,16H2. The number of anilines is 1. The van der Waals surface area contributed by atoms with Gasteiger partial charge in [0.1, 0.15) is 29.2 Å². The molecule has 2 heterocycles. The van der Waals surface area contributed by atoms with Crippen LogP contribution in [0.5, 0.6) is 5.75 Å². The van der Waals surface area contributed by atoms with Crippen LogP contribution in [0.25, 0.3) is 0 Å². The summed E-state index contributed by atoms with van der Waals surface area (Å²) in [5.74, 6) is -0.109. The molecule has 0 saturated heterocycles. The number of fused-ring (bicyclic) bond motifs is 1. The number of halogens is 1. The van der Waals surface area contributed by atoms with Crippen molar-refractivity contribution in [1.82, 2.24) is 0 Å². The van der Waals surface area contributed by atoms with Gasteiger partial charge >= 0.3 is 5.97 Å². The average Bonchev–Trinajstić information content (AvgIpc) is 3.01. The fraction of sp³-hybridized carbons (Fsp3) is 0.214. The highest BCUT2D eigenvalue weighted by molar-refractivity contribution is 7.12. The largest absolute Gasteiger partial charge is 0.486 e. The van der Waals surface area contributed by atoms with E-state index in [1.807, 2.05) is 0 Å². The van der Waals surface area contributed by atoms with Gasteiger partial charge in [-0.15, -0.1) is 11.3 Å². The van der Waals surface area contributed by atoms with Crippen LogP contribution in [0.2, 0.25) is 0 Å². The lowest BCUT2D eigenvalue weighted by Gasteiger charge is -2.10. The minimum absolute atomic E-state index is 0.118. The van der Waals surface area contributed by atoms with Crippen LogP contribution in [0.3, 0.4) is 0 Å². The maximum Gasteiger partial charge on any atom is 0.350 e. The first kappa shape index (κ1) is 12.9. The summed E-state index contributed by atoms with van der Waals surface area (Å²) >= 11 is 1.24. The summed E-state index contributed by atoms with van der Waals surface area (Å²) in [5, 5.41) is 1.73. The highest BCUT2D eigenvalue weighted by Crippen LogP contribution is 2.29. The Morgan fingerprint density at radius 3 is 3.10 bits per heavy atom. The minimum atomic E-state index is -0.455. The number of nitrogen functional groups attached to an aromatic ring is 1. The molecule has 4 nitrogen and oxygen atoms in total. The summed E-state index contributed by atoms with van der Waals surface area (Å²) in [6.07, 6.45) is 0.247. The molecule has 1 aliphatic rings. The lowest BCUT2D eigenvalue weighted by atomic mass is 10.1. The molecule has 0 fully saturated rings. The first-order valence-corrected chi connectivity index (χ1v) is 6.96. The first-order valence-electron chi connectivity index (χ1n) is 6.08. The Hall–Kier alpha value is -2.08. The number of carbonyl (C=O) groups excluding carboxylic acids is 1. The molecule has 3 rings (SSSR count). The normalized spacial score (nSPS) is 16.6. The number of benzene rings is 1. The molecule has 1 unspecified atom stereocenters. The van der Waals surface area contributed by atoms with E-state index in [9.17, 15) is 9.18 Å². The van der Waals surface area contributed by atoms with E-state index in [2.05, 4.69) is 0 Å². The number of hydrogen-bond acceptors (Lipinski definition) is 5. The number of nitrogens with two attached hydrogens (primary N) is 1. The summed E-state index contributed by atoms with van der Waals surface area (Å²) in [7, 11) is 0. The van der Waals surface area contributed by atoms with Crippen LogP contribution in [0.4, 0.5) is 10.1 Å². The number of carbonyl (C=O) groups is 1. The molecule has 1 aromatic carbocycles. The van der Waals surface area contributed by atoms with Gasteiger partial charge in [0.25, 0.3) is 0 Å². The summed E-state index contributed by atoms with van der Waals surface area (Å²) in [6, 6.07) is 6.03. The average molecular weight is 293 g/mol. The number of ether oxygens (including phenoxy) is 2. The van der Waals surface area contributed by atoms with Crippen molar-refractivity contribution < 1.29 is 18.7 Å². The lowest BCUT2D eigenvalue weighted by molar-refractivity contribution is 0.0353. The van der Waals surface area contributed by atoms with E-state index in [4.69, 9.17) is 15.2 Å². The topological polar surface area (TPSA) is 61.6 Å². The predicted octanol–water partition coefficient (Wildman–Crippen LogP) is 2.63. The summed E-state index contributed by atoms with van der Waals surface area (Å²) in [4.78, 5) is 12.2. The number of esters is 1. The van der Waals surface area contributed by atoms with E-state index in [0.29, 0.717) is 22.7 Å². The second kappa shape index (κ2) is 5.13. The van der Waals surface area contributed by atoms with Crippen LogP contribution < -0.4 is 10.5 Å². The zero-order valence-corrected chi connectivity index (χ0v) is 11.3. The Bertz CT molecular complexity index is 656. The van der Waals surface area contributed by atoms with Gasteiger partial charge in [0.05, 0.1) is 5.69 Å². The molecule has 1 aromatic heterocycles. The molecule has 0 radical (unpaired) electrons. The third kappa shape index (κ3) is 2.46. The van der Waals surface area contributed by atoms with Gasteiger partial charge in [-0.2, -0.15) is 0 Å². The van der Waals surface area contributed by atoms with E-state index in [-0.39, 0.29) is 18.5 Å². The SMILES string of the molecule is Nc1ccsc1C(=O)OCC1Cc2cc(F)ccc2O1. The van der Waals surface area contributed by atoms with E-state index < -0.39 is 5.97 Å². The van der Waals surface area contributed by atoms with Crippen molar-refractivity contribution in [2.24, 2.45) is 0 Å². The van der Waals surface area contributed by atoms with Gasteiger partial charge in [-0.3, -0.25) is 0 Å². The number of hydrogen-bond donors (Lipinski definition) is 1. The molecule has 0 aliphatic carbocycles. The smallest absolute Gasteiger partial charge is 0.350 e. The van der Waals surface area contributed by atoms with E-state index in [0.717, 1.165) is 5.56 Å². The molecule has 2 N–H and O–H groups in total. The molecule has 0 saturated carbocycles. The maximum absolute atomic E-state index is 13.1. The van der Waals surface area contributed by atoms with E-state index in [1.165, 1.54) is 23.5 Å². The quantitative estimate of drug-likeness (QED) is 0.884. The third-order valence-corrected chi connectivity index (χ3v) is 3.96. The number of thiophene rings is 1. The van der Waals surface area contributed by atoms with Crippen LogP contribution in [0.1, 0.15) is 15.2 Å². The molecule has 2 aromatic rings. The Labute approximate surface area is 118 Å². The van der Waals surface area contributed by atoms with Crippen molar-refractivity contribution in [3.8, 4) is 5.75 Å². The second-order valence-electron chi connectivity index (χ2n) is 4.50. The molecular weight excluding hydrogens is 281 g/mol. The van der Waals surface area contributed by atoms with Crippen molar-refractivity contribution >= 4 is 23.0 Å². The molecule has 6 heteroatoms. The minimum Gasteiger partial charge on any atom is -0.486 e. The van der Waals surface area contributed by atoms with Crippen LogP contribution >= 0.6 is 11.3 Å². The molecule has 1 atom stereocenters. The van der Waals surface area contributed by atoms with Gasteiger partial charge in [-0.25, -0.2) is 9.18 Å². The third-order valence-electron chi connectivity index (χ3n) is 3.05. The molecule has 0 amide bonds. The monoisotopic (exact) mass is 293 g/mol. The van der Waals surface area contributed by atoms with Gasteiger partial charge in [-0.05, 0) is 29.6 Å². The van der Waals surface area contributed by atoms with Crippen LogP contribution in [0, 0.1) is 5.82 Å². The van der Waals surface area contributed by atoms with Crippen molar-refractivity contribution in [2.75, 3.05) is 12.3 Å². The first-order chi connectivity index (χ1) is 9.63. The Morgan fingerprint density at radius 2 is 2.35 bits per heavy atom. The van der Waals surface area contributed by atoms with Crippen molar-refractivity contribution in [1.29, 1.82) is 0 Å². The fourth-order valence-electron chi connectivity index (χ4n) is 2.10. The van der Waals surface area contributed by atoms with Crippen LogP contribution in [-0.2, 0) is 11.2 Å². The van der Waals surface area contributed by atoms with Crippen molar-refractivity contribution in [3.05, 3.63) is 45.9 Å². The molecule has 0 spiro atoms. The van der Waals surface area contributed by atoms with Gasteiger partial charge in [0.2, 0.25) is 0 Å². The summed E-state index contributed by atoms with van der Waals surface area (Å²) in [6.45, 7) is 0.118. The fourth-order valence-corrected chi connectivity index (χ4v) is 2.81. The Morgan fingerprint density at radius 1 is 1.50 bits per heavy atom. The molecule has 104 valence electrons. The maximum atomic E-state index is 13.1. The number of rotatable bonds is 3. The van der Waals surface area contributed by atoms with Gasteiger partial charge in [-0.1, -0.05) is 0 Å². The Balaban J connectivity index is 1.59. The highest BCUT2D eigenvalue weighted by atomic mass is 32.1. The van der Waals surface area contributed by atoms with Gasteiger partial charge in [0.15, 0.2) is 0 Å². The molecule has 0 bridgehead atoms. The predicted molar refractivity (Wildman–Crippen MR) is 73.5 cm³/mol. The molecule has 1 aliphatic heterocycles. The van der Waals surface area contributed by atoms with E-state index >= 15 is 0 Å². The van der Waals surface area contributed by atoms with E-state index in [1.54, 1.807) is 17.5 Å². The van der Waals surface area contributed by atoms with Gasteiger partial charge < -0.3 is 15.2 Å².